The van der Waals surface area contributed by atoms with Crippen LogP contribution in [0.4, 0.5) is 16.2 Å². The lowest BCUT2D eigenvalue weighted by Gasteiger charge is -2.20. The van der Waals surface area contributed by atoms with E-state index in [0.29, 0.717) is 52.0 Å². The summed E-state index contributed by atoms with van der Waals surface area (Å²) in [7, 11) is 1.28. The summed E-state index contributed by atoms with van der Waals surface area (Å²) in [5, 5.41) is 20.7. The fraction of sp³-hybridized carbons (Fsp3) is 0.250. The number of aldehydes is 1. The number of fused-ring (bicyclic) bond motifs is 4. The Hall–Kier alpha value is -5.04. The number of nitrogens with zero attached hydrogens (tertiary/aromatic N) is 5. The molecule has 4 N–H and O–H groups in total. The molecule has 13 nitrogen and oxygen atoms in total. The molecule has 0 aliphatic carbocycles. The number of ether oxygens (including phenoxy) is 1. The Labute approximate surface area is 245 Å². The summed E-state index contributed by atoms with van der Waals surface area (Å²) in [5.41, 5.74) is 3.79. The van der Waals surface area contributed by atoms with Crippen molar-refractivity contribution in [2.75, 3.05) is 17.7 Å². The lowest BCUT2D eigenvalue weighted by molar-refractivity contribution is -0.117. The molecule has 2 bridgehead atoms. The van der Waals surface area contributed by atoms with E-state index in [1.807, 2.05) is 0 Å². The second kappa shape index (κ2) is 13.1. The van der Waals surface area contributed by atoms with Gasteiger partial charge in [-0.25, -0.2) is 9.78 Å². The molecule has 0 fully saturated rings. The zero-order valence-corrected chi connectivity index (χ0v) is 23.3. The summed E-state index contributed by atoms with van der Waals surface area (Å²) < 4.78 is 6.18. The van der Waals surface area contributed by atoms with Crippen LogP contribution in [0.3, 0.4) is 0 Å². The van der Waals surface area contributed by atoms with Crippen molar-refractivity contribution in [3.8, 4) is 16.9 Å². The van der Waals surface area contributed by atoms with Crippen LogP contribution >= 0.6 is 11.6 Å². The fourth-order valence-electron chi connectivity index (χ4n) is 4.68. The number of tetrazole rings is 1. The topological polar surface area (TPSA) is 169 Å². The number of carbonyl (C=O) groups excluding carboxylic acids is 3. The van der Waals surface area contributed by atoms with Crippen molar-refractivity contribution < 1.29 is 19.1 Å². The number of halogens is 1. The Morgan fingerprint density at radius 3 is 2.81 bits per heavy atom. The first kappa shape index (κ1) is 28.5. The average Bonchev–Trinajstić information content (AvgIpc) is 3.70. The maximum Gasteiger partial charge on any atom is 0.411 e. The lowest BCUT2D eigenvalue weighted by atomic mass is 10.0. The largest absolute Gasteiger partial charge is 0.453 e. The van der Waals surface area contributed by atoms with E-state index in [1.54, 1.807) is 48.7 Å². The molecule has 4 aromatic rings. The molecule has 2 amide bonds. The first-order chi connectivity index (χ1) is 20.4. The molecule has 3 heterocycles. The van der Waals surface area contributed by atoms with Crippen molar-refractivity contribution in [2.45, 2.75) is 37.8 Å². The van der Waals surface area contributed by atoms with E-state index in [4.69, 9.17) is 21.3 Å². The summed E-state index contributed by atoms with van der Waals surface area (Å²) in [6.45, 7) is 0. The van der Waals surface area contributed by atoms with Gasteiger partial charge in [0.2, 0.25) is 5.91 Å². The van der Waals surface area contributed by atoms with Crippen LogP contribution in [0, 0.1) is 0 Å². The van der Waals surface area contributed by atoms with Gasteiger partial charge in [0, 0.05) is 39.8 Å². The third-order valence-corrected chi connectivity index (χ3v) is 6.97. The number of imidazole rings is 1. The van der Waals surface area contributed by atoms with E-state index in [-0.39, 0.29) is 5.91 Å². The Bertz CT molecular complexity index is 1600. The zero-order chi connectivity index (χ0) is 29.5. The van der Waals surface area contributed by atoms with Gasteiger partial charge in [-0.1, -0.05) is 24.4 Å². The summed E-state index contributed by atoms with van der Waals surface area (Å²) in [6, 6.07) is 9.60. The van der Waals surface area contributed by atoms with Crippen LogP contribution in [0.25, 0.3) is 23.0 Å². The normalized spacial score (nSPS) is 16.8. The number of aromatic nitrogens is 6. The second-order valence-corrected chi connectivity index (χ2v) is 10.0. The van der Waals surface area contributed by atoms with Crippen LogP contribution in [0.2, 0.25) is 5.02 Å². The van der Waals surface area contributed by atoms with E-state index >= 15 is 0 Å². The lowest BCUT2D eigenvalue weighted by Crippen LogP contribution is -2.28. The Kier molecular flexibility index (Phi) is 8.87. The van der Waals surface area contributed by atoms with Crippen LogP contribution in [0.1, 0.15) is 43.1 Å². The molecule has 2 aromatic heterocycles. The first-order valence-electron chi connectivity index (χ1n) is 13.2. The molecule has 2 atom stereocenters. The SMILES string of the molecule is COC(=O)Nc1ccc2c(c1)N[C@H](C=O)CCCC[C@H](NC(=O)/C=C/c1cc(Cl)ccc1-n1cnnn1)c1nc-2c[nH]1. The van der Waals surface area contributed by atoms with Gasteiger partial charge in [-0.2, -0.15) is 4.68 Å². The minimum Gasteiger partial charge on any atom is -0.453 e. The van der Waals surface area contributed by atoms with Crippen LogP contribution in [0.15, 0.2) is 55.0 Å². The van der Waals surface area contributed by atoms with Gasteiger partial charge in [-0.15, -0.1) is 5.10 Å². The quantitative estimate of drug-likeness (QED) is 0.189. The molecule has 0 saturated heterocycles. The van der Waals surface area contributed by atoms with Crippen molar-refractivity contribution in [3.63, 3.8) is 0 Å². The zero-order valence-electron chi connectivity index (χ0n) is 22.6. The summed E-state index contributed by atoms with van der Waals surface area (Å²) in [5.74, 6) is 0.276. The minimum atomic E-state index is -0.605. The van der Waals surface area contributed by atoms with Crippen LogP contribution in [-0.4, -0.2) is 61.6 Å². The van der Waals surface area contributed by atoms with Crippen molar-refractivity contribution in [3.05, 3.63) is 71.4 Å². The van der Waals surface area contributed by atoms with Crippen molar-refractivity contribution >= 4 is 47.3 Å². The summed E-state index contributed by atoms with van der Waals surface area (Å²) in [4.78, 5) is 44.7. The number of hydrogen-bond donors (Lipinski definition) is 4. The molecule has 0 radical (unpaired) electrons. The number of anilines is 2. The number of carbonyl (C=O) groups is 3. The predicted octanol–water partition coefficient (Wildman–Crippen LogP) is 4.31. The van der Waals surface area contributed by atoms with Gasteiger partial charge < -0.3 is 25.1 Å². The molecule has 0 spiro atoms. The molecule has 0 saturated carbocycles. The van der Waals surface area contributed by atoms with Gasteiger partial charge >= 0.3 is 6.09 Å². The highest BCUT2D eigenvalue weighted by Gasteiger charge is 2.21. The van der Waals surface area contributed by atoms with Gasteiger partial charge in [-0.05, 0) is 65.7 Å². The van der Waals surface area contributed by atoms with Gasteiger partial charge in [0.25, 0.3) is 0 Å². The Balaban J connectivity index is 1.39. The number of hydrogen-bond acceptors (Lipinski definition) is 9. The Morgan fingerprint density at radius 2 is 2.02 bits per heavy atom. The highest BCUT2D eigenvalue weighted by molar-refractivity contribution is 6.30. The van der Waals surface area contributed by atoms with Crippen LogP contribution in [-0.2, 0) is 14.3 Å². The number of methoxy groups -OCH3 is 1. The van der Waals surface area contributed by atoms with Crippen LogP contribution in [0.5, 0.6) is 0 Å². The standard InChI is InChI=1S/C28H28ClN9O4/c1-42-28(41)33-19-8-9-21-23(13-19)32-20(15-39)4-2-3-5-22(27-30-14-24(21)35-27)34-26(40)11-6-17-12-18(29)7-10-25(17)38-16-31-36-37-38/h6-16,20,22,32H,2-5H2,1H3,(H,30,35)(H,33,41)(H,34,40)/b11-6+/t20-,22-/m0/s1. The highest BCUT2D eigenvalue weighted by atomic mass is 35.5. The first-order valence-corrected chi connectivity index (χ1v) is 13.6. The molecule has 0 unspecified atom stereocenters. The number of rotatable bonds is 6. The van der Waals surface area contributed by atoms with E-state index in [0.717, 1.165) is 24.7 Å². The maximum atomic E-state index is 13.1. The van der Waals surface area contributed by atoms with Gasteiger partial charge in [0.1, 0.15) is 18.4 Å². The highest BCUT2D eigenvalue weighted by Crippen LogP contribution is 2.32. The average molecular weight is 590 g/mol. The third kappa shape index (κ3) is 6.81. The molecular weight excluding hydrogens is 562 g/mol. The number of nitrogens with one attached hydrogen (secondary N) is 4. The number of aromatic amines is 1. The van der Waals surface area contributed by atoms with E-state index in [2.05, 4.69) is 36.5 Å². The van der Waals surface area contributed by atoms with Crippen LogP contribution < -0.4 is 16.0 Å². The second-order valence-electron chi connectivity index (χ2n) is 9.57. The minimum absolute atomic E-state index is 0.320. The predicted molar refractivity (Wildman–Crippen MR) is 156 cm³/mol. The Morgan fingerprint density at radius 1 is 1.17 bits per heavy atom. The van der Waals surface area contributed by atoms with Crippen molar-refractivity contribution in [2.24, 2.45) is 0 Å². The van der Waals surface area contributed by atoms with E-state index in [1.165, 1.54) is 24.2 Å². The third-order valence-electron chi connectivity index (χ3n) is 6.73. The van der Waals surface area contributed by atoms with Gasteiger partial charge in [-0.3, -0.25) is 10.1 Å². The van der Waals surface area contributed by atoms with E-state index in [9.17, 15) is 14.4 Å². The fourth-order valence-corrected chi connectivity index (χ4v) is 4.86. The molecule has 42 heavy (non-hydrogen) atoms. The molecule has 5 rings (SSSR count). The van der Waals surface area contributed by atoms with Crippen molar-refractivity contribution in [1.29, 1.82) is 0 Å². The molecule has 216 valence electrons. The summed E-state index contributed by atoms with van der Waals surface area (Å²) in [6.07, 6.45) is 9.22. The molecule has 1 aliphatic rings. The van der Waals surface area contributed by atoms with E-state index < -0.39 is 18.2 Å². The molecule has 1 aliphatic heterocycles. The molecule has 2 aromatic carbocycles. The van der Waals surface area contributed by atoms with Gasteiger partial charge in [0.15, 0.2) is 0 Å². The van der Waals surface area contributed by atoms with Gasteiger partial charge in [0.05, 0.1) is 30.6 Å². The monoisotopic (exact) mass is 589 g/mol. The number of amides is 2. The number of benzene rings is 2. The molecule has 14 heteroatoms. The van der Waals surface area contributed by atoms with Crippen molar-refractivity contribution in [1.82, 2.24) is 35.5 Å². The smallest absolute Gasteiger partial charge is 0.411 e. The molecular formula is C28H28ClN9O4. The maximum absolute atomic E-state index is 13.1. The number of H-pyrrole nitrogens is 1. The summed E-state index contributed by atoms with van der Waals surface area (Å²) >= 11 is 6.20.